The molecule has 1 unspecified atom stereocenters. The minimum Gasteiger partial charge on any atom is -0.314 e. The first-order valence-corrected chi connectivity index (χ1v) is 9.08. The van der Waals surface area contributed by atoms with Gasteiger partial charge in [-0.2, -0.15) is 0 Å². The van der Waals surface area contributed by atoms with E-state index in [1.165, 1.54) is 22.3 Å². The predicted molar refractivity (Wildman–Crippen MR) is 106 cm³/mol. The Hall–Kier alpha value is -2.45. The van der Waals surface area contributed by atoms with Gasteiger partial charge in [0.2, 0.25) is 0 Å². The summed E-state index contributed by atoms with van der Waals surface area (Å²) in [6, 6.07) is 24.1. The first-order chi connectivity index (χ1) is 12.3. The summed E-state index contributed by atoms with van der Waals surface area (Å²) in [7, 11) is 0. The van der Waals surface area contributed by atoms with E-state index in [4.69, 9.17) is 0 Å². The smallest absolute Gasteiger partial charge is 0.0346 e. The average molecular weight is 330 g/mol. The molecule has 0 aliphatic rings. The molecule has 1 aromatic heterocycles. The highest BCUT2D eigenvalue weighted by Crippen LogP contribution is 2.18. The monoisotopic (exact) mass is 330 g/mol. The van der Waals surface area contributed by atoms with Crippen LogP contribution < -0.4 is 5.32 Å². The standard InChI is InChI=1S/C23H26N2/c1-19(17-21-7-3-2-4-8-21)25-16-5-9-20-11-13-22(14-12-20)23-10-6-15-24-18-23/h2-4,6-8,10-15,18-19,25H,5,9,16-17H2,1H3. The fourth-order valence-corrected chi connectivity index (χ4v) is 3.08. The van der Waals surface area contributed by atoms with Crippen LogP contribution >= 0.6 is 0 Å². The maximum Gasteiger partial charge on any atom is 0.0346 e. The average Bonchev–Trinajstić information content (AvgIpc) is 2.67. The lowest BCUT2D eigenvalue weighted by molar-refractivity contribution is 0.534. The summed E-state index contributed by atoms with van der Waals surface area (Å²) in [5.41, 5.74) is 5.19. The molecule has 128 valence electrons. The van der Waals surface area contributed by atoms with Gasteiger partial charge in [0.25, 0.3) is 0 Å². The van der Waals surface area contributed by atoms with Crippen LogP contribution in [0.5, 0.6) is 0 Å². The Balaban J connectivity index is 1.40. The molecule has 0 saturated carbocycles. The van der Waals surface area contributed by atoms with Gasteiger partial charge in [0.05, 0.1) is 0 Å². The van der Waals surface area contributed by atoms with Crippen molar-refractivity contribution >= 4 is 0 Å². The highest BCUT2D eigenvalue weighted by Gasteiger charge is 2.03. The molecular weight excluding hydrogens is 304 g/mol. The van der Waals surface area contributed by atoms with E-state index < -0.39 is 0 Å². The second-order valence-corrected chi connectivity index (χ2v) is 6.59. The Morgan fingerprint density at radius 1 is 0.840 bits per heavy atom. The van der Waals surface area contributed by atoms with Crippen molar-refractivity contribution in [3.05, 3.63) is 90.3 Å². The Morgan fingerprint density at radius 2 is 1.64 bits per heavy atom. The minimum atomic E-state index is 0.510. The van der Waals surface area contributed by atoms with E-state index in [1.807, 2.05) is 18.5 Å². The zero-order chi connectivity index (χ0) is 17.3. The summed E-state index contributed by atoms with van der Waals surface area (Å²) in [5.74, 6) is 0. The van der Waals surface area contributed by atoms with Crippen LogP contribution in [0.2, 0.25) is 0 Å². The van der Waals surface area contributed by atoms with E-state index in [9.17, 15) is 0 Å². The lowest BCUT2D eigenvalue weighted by Crippen LogP contribution is -2.29. The van der Waals surface area contributed by atoms with Crippen molar-refractivity contribution in [1.82, 2.24) is 10.3 Å². The molecule has 1 atom stereocenters. The molecule has 0 radical (unpaired) electrons. The highest BCUT2D eigenvalue weighted by molar-refractivity contribution is 5.62. The molecule has 2 nitrogen and oxygen atoms in total. The second-order valence-electron chi connectivity index (χ2n) is 6.59. The Morgan fingerprint density at radius 3 is 2.36 bits per heavy atom. The van der Waals surface area contributed by atoms with Crippen molar-refractivity contribution in [2.75, 3.05) is 6.54 Å². The zero-order valence-corrected chi connectivity index (χ0v) is 14.9. The zero-order valence-electron chi connectivity index (χ0n) is 14.9. The van der Waals surface area contributed by atoms with Gasteiger partial charge >= 0.3 is 0 Å². The number of aromatic nitrogens is 1. The van der Waals surface area contributed by atoms with Gasteiger partial charge in [0.15, 0.2) is 0 Å². The largest absolute Gasteiger partial charge is 0.314 e. The van der Waals surface area contributed by atoms with Gasteiger partial charge in [-0.1, -0.05) is 60.7 Å². The summed E-state index contributed by atoms with van der Waals surface area (Å²) in [6.45, 7) is 3.31. The van der Waals surface area contributed by atoms with Crippen LogP contribution in [-0.2, 0) is 12.8 Å². The molecule has 0 fully saturated rings. The van der Waals surface area contributed by atoms with Gasteiger partial charge in [0.1, 0.15) is 0 Å². The topological polar surface area (TPSA) is 24.9 Å². The number of pyridine rings is 1. The van der Waals surface area contributed by atoms with Crippen molar-refractivity contribution in [2.24, 2.45) is 0 Å². The van der Waals surface area contributed by atoms with E-state index in [-0.39, 0.29) is 0 Å². The third-order valence-electron chi connectivity index (χ3n) is 4.47. The fourth-order valence-electron chi connectivity index (χ4n) is 3.08. The summed E-state index contributed by atoms with van der Waals surface area (Å²) in [4.78, 5) is 4.18. The third kappa shape index (κ3) is 5.54. The van der Waals surface area contributed by atoms with Gasteiger partial charge in [0, 0.05) is 18.4 Å². The van der Waals surface area contributed by atoms with Gasteiger partial charge in [-0.3, -0.25) is 4.98 Å². The second kappa shape index (κ2) is 9.14. The Kier molecular flexibility index (Phi) is 6.35. The van der Waals surface area contributed by atoms with Crippen molar-refractivity contribution in [3.8, 4) is 11.1 Å². The van der Waals surface area contributed by atoms with E-state index >= 15 is 0 Å². The van der Waals surface area contributed by atoms with Crippen LogP contribution in [-0.4, -0.2) is 17.6 Å². The molecule has 3 aromatic rings. The van der Waals surface area contributed by atoms with Gasteiger partial charge in [-0.25, -0.2) is 0 Å². The number of nitrogens with one attached hydrogen (secondary N) is 1. The summed E-state index contributed by atoms with van der Waals surface area (Å²) < 4.78 is 0. The first kappa shape index (κ1) is 17.4. The molecule has 3 rings (SSSR count). The molecule has 0 aliphatic carbocycles. The normalized spacial score (nSPS) is 12.0. The number of aryl methyl sites for hydroxylation is 1. The summed E-state index contributed by atoms with van der Waals surface area (Å²) in [5, 5.41) is 3.63. The van der Waals surface area contributed by atoms with Gasteiger partial charge < -0.3 is 5.32 Å². The van der Waals surface area contributed by atoms with E-state index in [1.54, 1.807) is 0 Å². The van der Waals surface area contributed by atoms with E-state index in [2.05, 4.69) is 77.9 Å². The lowest BCUT2D eigenvalue weighted by atomic mass is 10.0. The molecule has 0 aliphatic heterocycles. The molecule has 0 amide bonds. The summed E-state index contributed by atoms with van der Waals surface area (Å²) in [6.07, 6.45) is 7.07. The molecule has 0 spiro atoms. The predicted octanol–water partition coefficient (Wildman–Crippen LogP) is 4.90. The molecule has 0 saturated heterocycles. The fraction of sp³-hybridized carbons (Fsp3) is 0.261. The van der Waals surface area contributed by atoms with Crippen molar-refractivity contribution < 1.29 is 0 Å². The van der Waals surface area contributed by atoms with Gasteiger partial charge in [-0.05, 0) is 61.1 Å². The summed E-state index contributed by atoms with van der Waals surface area (Å²) >= 11 is 0. The molecule has 1 N–H and O–H groups in total. The van der Waals surface area contributed by atoms with Crippen molar-refractivity contribution in [2.45, 2.75) is 32.2 Å². The van der Waals surface area contributed by atoms with Gasteiger partial charge in [-0.15, -0.1) is 0 Å². The molecule has 2 aromatic carbocycles. The van der Waals surface area contributed by atoms with Crippen molar-refractivity contribution in [3.63, 3.8) is 0 Å². The van der Waals surface area contributed by atoms with E-state index in [0.29, 0.717) is 6.04 Å². The van der Waals surface area contributed by atoms with Crippen LogP contribution in [0.3, 0.4) is 0 Å². The van der Waals surface area contributed by atoms with Crippen molar-refractivity contribution in [1.29, 1.82) is 0 Å². The van der Waals surface area contributed by atoms with E-state index in [0.717, 1.165) is 25.8 Å². The number of hydrogen-bond donors (Lipinski definition) is 1. The highest BCUT2D eigenvalue weighted by atomic mass is 14.9. The molecule has 1 heterocycles. The SMILES string of the molecule is CC(Cc1ccccc1)NCCCc1ccc(-c2cccnc2)cc1. The minimum absolute atomic E-state index is 0.510. The molecule has 25 heavy (non-hydrogen) atoms. The first-order valence-electron chi connectivity index (χ1n) is 9.08. The number of benzene rings is 2. The Labute approximate surface area is 151 Å². The third-order valence-corrected chi connectivity index (χ3v) is 4.47. The van der Waals surface area contributed by atoms with Crippen LogP contribution in [0.15, 0.2) is 79.1 Å². The number of nitrogens with zero attached hydrogens (tertiary/aromatic N) is 1. The molecular formula is C23H26N2. The molecule has 2 heteroatoms. The maximum absolute atomic E-state index is 4.18. The lowest BCUT2D eigenvalue weighted by Gasteiger charge is -2.14. The molecule has 0 bridgehead atoms. The van der Waals surface area contributed by atoms with Crippen LogP contribution in [0.25, 0.3) is 11.1 Å². The Bertz CT molecular complexity index is 736. The number of hydrogen-bond acceptors (Lipinski definition) is 2. The number of rotatable bonds is 8. The van der Waals surface area contributed by atoms with Crippen LogP contribution in [0, 0.1) is 0 Å². The maximum atomic E-state index is 4.18. The quantitative estimate of drug-likeness (QED) is 0.594. The van der Waals surface area contributed by atoms with Crippen LogP contribution in [0.4, 0.5) is 0 Å². The van der Waals surface area contributed by atoms with Crippen LogP contribution in [0.1, 0.15) is 24.5 Å².